The Hall–Kier alpha value is -3.09. The summed E-state index contributed by atoms with van der Waals surface area (Å²) in [6.45, 7) is 4.57. The monoisotopic (exact) mass is 340 g/mol. The van der Waals surface area contributed by atoms with Crippen molar-refractivity contribution in [3.05, 3.63) is 48.3 Å². The number of benzene rings is 1. The molecule has 130 valence electrons. The van der Waals surface area contributed by atoms with Crippen molar-refractivity contribution in [2.24, 2.45) is 0 Å². The molecule has 7 heteroatoms. The number of imide groups is 1. The van der Waals surface area contributed by atoms with E-state index in [4.69, 9.17) is 4.74 Å². The van der Waals surface area contributed by atoms with Gasteiger partial charge in [0.2, 0.25) is 0 Å². The van der Waals surface area contributed by atoms with Crippen molar-refractivity contribution in [3.8, 4) is 11.5 Å². The van der Waals surface area contributed by atoms with Crippen LogP contribution < -0.4 is 15.4 Å². The Labute approximate surface area is 146 Å². The minimum Gasteiger partial charge on any atom is -0.455 e. The lowest BCUT2D eigenvalue weighted by Crippen LogP contribution is -2.43. The maximum Gasteiger partial charge on any atom is 0.324 e. The van der Waals surface area contributed by atoms with Crippen molar-refractivity contribution < 1.29 is 14.3 Å². The zero-order chi connectivity index (χ0) is 17.8. The summed E-state index contributed by atoms with van der Waals surface area (Å²) in [4.78, 5) is 29.2. The largest absolute Gasteiger partial charge is 0.455 e. The molecule has 1 aromatic heterocycles. The fourth-order valence-electron chi connectivity index (χ4n) is 2.62. The Bertz CT molecular complexity index is 779. The highest BCUT2D eigenvalue weighted by Crippen LogP contribution is 2.27. The standard InChI is InChI=1S/C18H20N4O3/c1-12-10-14(5-6-16(12)25-15-4-3-7-19-11-15)21-13(2)17(23)22-9-8-20-18(22)24/h3-7,10-11,13,21H,8-9H2,1-2H3,(H,20,24)/t13-/m0/s1. The first-order valence-corrected chi connectivity index (χ1v) is 8.09. The Morgan fingerprint density at radius 3 is 2.88 bits per heavy atom. The van der Waals surface area contributed by atoms with Gasteiger partial charge in [-0.1, -0.05) is 0 Å². The highest BCUT2D eigenvalue weighted by atomic mass is 16.5. The van der Waals surface area contributed by atoms with Crippen molar-refractivity contribution in [2.75, 3.05) is 18.4 Å². The molecule has 0 unspecified atom stereocenters. The lowest BCUT2D eigenvalue weighted by Gasteiger charge is -2.20. The molecule has 0 aliphatic carbocycles. The summed E-state index contributed by atoms with van der Waals surface area (Å²) < 4.78 is 5.79. The van der Waals surface area contributed by atoms with Gasteiger partial charge in [0.1, 0.15) is 17.5 Å². The molecule has 0 saturated carbocycles. The summed E-state index contributed by atoms with van der Waals surface area (Å²) in [5, 5.41) is 5.76. The number of carbonyl (C=O) groups is 2. The number of aryl methyl sites for hydroxylation is 1. The van der Waals surface area contributed by atoms with E-state index in [0.29, 0.717) is 18.8 Å². The fourth-order valence-corrected chi connectivity index (χ4v) is 2.62. The maximum atomic E-state index is 12.3. The average molecular weight is 340 g/mol. The van der Waals surface area contributed by atoms with Crippen LogP contribution in [0.4, 0.5) is 10.5 Å². The third-order valence-corrected chi connectivity index (χ3v) is 3.91. The van der Waals surface area contributed by atoms with Gasteiger partial charge in [-0.25, -0.2) is 4.79 Å². The van der Waals surface area contributed by atoms with Crippen LogP contribution >= 0.6 is 0 Å². The SMILES string of the molecule is Cc1cc(N[C@@H](C)C(=O)N2CCNC2=O)ccc1Oc1cccnc1. The van der Waals surface area contributed by atoms with E-state index in [9.17, 15) is 9.59 Å². The second kappa shape index (κ2) is 7.21. The minimum absolute atomic E-state index is 0.247. The summed E-state index contributed by atoms with van der Waals surface area (Å²) in [5.74, 6) is 1.13. The van der Waals surface area contributed by atoms with E-state index < -0.39 is 6.04 Å². The molecular formula is C18H20N4O3. The molecule has 1 fully saturated rings. The number of nitrogens with zero attached hydrogens (tertiary/aromatic N) is 2. The normalized spacial score (nSPS) is 14.8. The Balaban J connectivity index is 1.66. The first kappa shape index (κ1) is 16.8. The van der Waals surface area contributed by atoms with Crippen molar-refractivity contribution in [1.82, 2.24) is 15.2 Å². The summed E-state index contributed by atoms with van der Waals surface area (Å²) in [6, 6.07) is 8.38. The van der Waals surface area contributed by atoms with Gasteiger partial charge in [-0.05, 0) is 49.7 Å². The maximum absolute atomic E-state index is 12.3. The number of carbonyl (C=O) groups excluding carboxylic acids is 2. The Morgan fingerprint density at radius 2 is 2.24 bits per heavy atom. The Morgan fingerprint density at radius 1 is 1.40 bits per heavy atom. The van der Waals surface area contributed by atoms with Gasteiger partial charge < -0.3 is 15.4 Å². The zero-order valence-electron chi connectivity index (χ0n) is 14.2. The summed E-state index contributed by atoms with van der Waals surface area (Å²) in [7, 11) is 0. The molecule has 3 amide bonds. The fraction of sp³-hybridized carbons (Fsp3) is 0.278. The van der Waals surface area contributed by atoms with Gasteiger partial charge in [0.15, 0.2) is 0 Å². The van der Waals surface area contributed by atoms with Gasteiger partial charge in [-0.2, -0.15) is 0 Å². The van der Waals surface area contributed by atoms with E-state index in [1.165, 1.54) is 4.90 Å². The molecular weight excluding hydrogens is 320 g/mol. The molecule has 1 saturated heterocycles. The van der Waals surface area contributed by atoms with E-state index in [1.54, 1.807) is 19.3 Å². The van der Waals surface area contributed by atoms with Crippen LogP contribution in [-0.2, 0) is 4.79 Å². The zero-order valence-corrected chi connectivity index (χ0v) is 14.2. The summed E-state index contributed by atoms with van der Waals surface area (Å²) in [5.41, 5.74) is 1.71. The molecule has 1 aromatic carbocycles. The van der Waals surface area contributed by atoms with E-state index in [-0.39, 0.29) is 11.9 Å². The van der Waals surface area contributed by atoms with Crippen molar-refractivity contribution in [2.45, 2.75) is 19.9 Å². The number of hydrogen-bond donors (Lipinski definition) is 2. The number of ether oxygens (including phenoxy) is 1. The molecule has 25 heavy (non-hydrogen) atoms. The predicted octanol–water partition coefficient (Wildman–Crippen LogP) is 2.53. The molecule has 1 aliphatic heterocycles. The highest BCUT2D eigenvalue weighted by Gasteiger charge is 2.29. The molecule has 2 heterocycles. The van der Waals surface area contributed by atoms with E-state index >= 15 is 0 Å². The van der Waals surface area contributed by atoms with Crippen LogP contribution in [-0.4, -0.2) is 41.0 Å². The highest BCUT2D eigenvalue weighted by molar-refractivity contribution is 5.99. The van der Waals surface area contributed by atoms with E-state index in [0.717, 1.165) is 17.0 Å². The second-order valence-electron chi connectivity index (χ2n) is 5.86. The van der Waals surface area contributed by atoms with Gasteiger partial charge in [0, 0.05) is 25.0 Å². The van der Waals surface area contributed by atoms with Crippen LogP contribution in [0.1, 0.15) is 12.5 Å². The van der Waals surface area contributed by atoms with Crippen LogP contribution in [0, 0.1) is 6.92 Å². The number of hydrogen-bond acceptors (Lipinski definition) is 5. The van der Waals surface area contributed by atoms with E-state index in [1.807, 2.05) is 37.3 Å². The number of aromatic nitrogens is 1. The molecule has 7 nitrogen and oxygen atoms in total. The van der Waals surface area contributed by atoms with Crippen LogP contribution in [0.15, 0.2) is 42.7 Å². The molecule has 2 N–H and O–H groups in total. The van der Waals surface area contributed by atoms with Crippen molar-refractivity contribution in [3.63, 3.8) is 0 Å². The molecule has 0 radical (unpaired) electrons. The molecule has 0 bridgehead atoms. The third kappa shape index (κ3) is 3.88. The van der Waals surface area contributed by atoms with Gasteiger partial charge >= 0.3 is 6.03 Å². The number of urea groups is 1. The Kier molecular flexibility index (Phi) is 4.83. The number of amides is 3. The first-order chi connectivity index (χ1) is 12.0. The van der Waals surface area contributed by atoms with Crippen LogP contribution in [0.2, 0.25) is 0 Å². The summed E-state index contributed by atoms with van der Waals surface area (Å²) >= 11 is 0. The minimum atomic E-state index is -0.506. The average Bonchev–Trinajstić information content (AvgIpc) is 3.03. The van der Waals surface area contributed by atoms with Gasteiger partial charge in [0.05, 0.1) is 6.20 Å². The number of rotatable bonds is 5. The van der Waals surface area contributed by atoms with Gasteiger partial charge in [0.25, 0.3) is 5.91 Å². The first-order valence-electron chi connectivity index (χ1n) is 8.09. The van der Waals surface area contributed by atoms with Gasteiger partial charge in [-0.15, -0.1) is 0 Å². The smallest absolute Gasteiger partial charge is 0.324 e. The molecule has 3 rings (SSSR count). The molecule has 2 aromatic rings. The van der Waals surface area contributed by atoms with E-state index in [2.05, 4.69) is 15.6 Å². The van der Waals surface area contributed by atoms with Crippen LogP contribution in [0.3, 0.4) is 0 Å². The third-order valence-electron chi connectivity index (χ3n) is 3.91. The predicted molar refractivity (Wildman–Crippen MR) is 93.7 cm³/mol. The lowest BCUT2D eigenvalue weighted by atomic mass is 10.2. The van der Waals surface area contributed by atoms with Crippen LogP contribution in [0.5, 0.6) is 11.5 Å². The van der Waals surface area contributed by atoms with Crippen LogP contribution in [0.25, 0.3) is 0 Å². The molecule has 1 aliphatic rings. The summed E-state index contributed by atoms with van der Waals surface area (Å²) in [6.07, 6.45) is 3.33. The topological polar surface area (TPSA) is 83.6 Å². The van der Waals surface area contributed by atoms with Crippen molar-refractivity contribution in [1.29, 1.82) is 0 Å². The van der Waals surface area contributed by atoms with Gasteiger partial charge in [-0.3, -0.25) is 14.7 Å². The second-order valence-corrected chi connectivity index (χ2v) is 5.86. The number of anilines is 1. The van der Waals surface area contributed by atoms with Crippen molar-refractivity contribution >= 4 is 17.6 Å². The molecule has 0 spiro atoms. The number of pyridine rings is 1. The number of nitrogens with one attached hydrogen (secondary N) is 2. The molecule has 1 atom stereocenters. The lowest BCUT2D eigenvalue weighted by molar-refractivity contribution is -0.128. The quantitative estimate of drug-likeness (QED) is 0.874.